The molecule has 16 heavy (non-hydrogen) atoms. The van der Waals surface area contributed by atoms with E-state index in [9.17, 15) is 0 Å². The molecule has 0 radical (unpaired) electrons. The van der Waals surface area contributed by atoms with E-state index >= 15 is 0 Å². The molecule has 0 amide bonds. The van der Waals surface area contributed by atoms with Crippen LogP contribution in [0.1, 0.15) is 13.8 Å². The second kappa shape index (κ2) is 7.29. The molecule has 0 atom stereocenters. The van der Waals surface area contributed by atoms with Gasteiger partial charge < -0.3 is 15.8 Å². The molecule has 1 rings (SSSR count). The highest BCUT2D eigenvalue weighted by Crippen LogP contribution is 2.15. The molecule has 1 aliphatic rings. The minimum atomic E-state index is -0.0252. The van der Waals surface area contributed by atoms with Crippen molar-refractivity contribution in [3.8, 4) is 0 Å². The van der Waals surface area contributed by atoms with E-state index in [1.165, 1.54) is 0 Å². The van der Waals surface area contributed by atoms with Crippen LogP contribution in [-0.2, 0) is 4.74 Å². The lowest BCUT2D eigenvalue weighted by molar-refractivity contribution is -0.0852. The Bertz CT molecular complexity index is 233. The van der Waals surface area contributed by atoms with Gasteiger partial charge in [-0.15, -0.1) is 24.0 Å². The zero-order valence-corrected chi connectivity index (χ0v) is 12.7. The summed E-state index contributed by atoms with van der Waals surface area (Å²) < 4.78 is 5.63. The van der Waals surface area contributed by atoms with Crippen LogP contribution in [-0.4, -0.2) is 56.3 Å². The average molecular weight is 342 g/mol. The van der Waals surface area contributed by atoms with Crippen LogP contribution in [0.3, 0.4) is 0 Å². The number of halogens is 1. The maximum atomic E-state index is 5.63. The lowest BCUT2D eigenvalue weighted by Crippen LogP contribution is -2.50. The van der Waals surface area contributed by atoms with Crippen LogP contribution in [0.15, 0.2) is 4.99 Å². The Balaban J connectivity index is 0.00000225. The Kier molecular flexibility index (Phi) is 7.25. The second-order valence-electron chi connectivity index (χ2n) is 4.42. The molecular weight excluding hydrogens is 319 g/mol. The van der Waals surface area contributed by atoms with Crippen molar-refractivity contribution in [2.45, 2.75) is 19.4 Å². The number of guanidine groups is 1. The van der Waals surface area contributed by atoms with Crippen molar-refractivity contribution in [2.75, 3.05) is 39.8 Å². The highest BCUT2D eigenvalue weighted by molar-refractivity contribution is 14.0. The topological polar surface area (TPSA) is 62.9 Å². The second-order valence-corrected chi connectivity index (χ2v) is 4.42. The van der Waals surface area contributed by atoms with Crippen molar-refractivity contribution in [2.24, 2.45) is 10.7 Å². The quantitative estimate of drug-likeness (QED) is 0.439. The van der Waals surface area contributed by atoms with Gasteiger partial charge in [0.25, 0.3) is 0 Å². The first-order valence-corrected chi connectivity index (χ1v) is 5.36. The van der Waals surface area contributed by atoms with E-state index in [0.29, 0.717) is 5.96 Å². The zero-order valence-electron chi connectivity index (χ0n) is 10.3. The summed E-state index contributed by atoms with van der Waals surface area (Å²) in [5.74, 6) is 0.502. The SMILES string of the molecule is CN=C(N)NCCN1CCOC(C)(C)C1.I. The minimum absolute atomic E-state index is 0. The van der Waals surface area contributed by atoms with E-state index in [2.05, 4.69) is 29.1 Å². The van der Waals surface area contributed by atoms with Crippen LogP contribution in [0.2, 0.25) is 0 Å². The van der Waals surface area contributed by atoms with E-state index in [4.69, 9.17) is 10.5 Å². The van der Waals surface area contributed by atoms with E-state index in [1.807, 2.05) is 0 Å². The fourth-order valence-corrected chi connectivity index (χ4v) is 1.73. The lowest BCUT2D eigenvalue weighted by Gasteiger charge is -2.38. The molecule has 0 aliphatic carbocycles. The summed E-state index contributed by atoms with van der Waals surface area (Å²) in [5, 5.41) is 3.05. The Hall–Kier alpha value is -0.0800. The van der Waals surface area contributed by atoms with E-state index < -0.39 is 0 Å². The number of nitrogens with one attached hydrogen (secondary N) is 1. The Morgan fingerprint density at radius 3 is 2.81 bits per heavy atom. The number of nitrogens with zero attached hydrogens (tertiary/aromatic N) is 2. The van der Waals surface area contributed by atoms with Crippen molar-refractivity contribution < 1.29 is 4.74 Å². The normalized spacial score (nSPS) is 21.3. The van der Waals surface area contributed by atoms with Crippen molar-refractivity contribution in [3.63, 3.8) is 0 Å². The predicted molar refractivity (Wildman–Crippen MR) is 77.4 cm³/mol. The van der Waals surface area contributed by atoms with Crippen LogP contribution in [0.4, 0.5) is 0 Å². The van der Waals surface area contributed by atoms with Crippen molar-refractivity contribution in [1.29, 1.82) is 0 Å². The van der Waals surface area contributed by atoms with Gasteiger partial charge in [-0.05, 0) is 13.8 Å². The summed E-state index contributed by atoms with van der Waals surface area (Å²) in [6.07, 6.45) is 0. The summed E-state index contributed by atoms with van der Waals surface area (Å²) in [6.45, 7) is 8.82. The van der Waals surface area contributed by atoms with Crippen molar-refractivity contribution >= 4 is 29.9 Å². The molecule has 5 nitrogen and oxygen atoms in total. The standard InChI is InChI=1S/C10H22N4O.HI/c1-10(2)8-14(6-7-15-10)5-4-13-9(11)12-3;/h4-8H2,1-3H3,(H3,11,12,13);1H. The third kappa shape index (κ3) is 5.86. The third-order valence-corrected chi connectivity index (χ3v) is 2.48. The summed E-state index contributed by atoms with van der Waals surface area (Å²) in [5.41, 5.74) is 5.51. The van der Waals surface area contributed by atoms with Crippen molar-refractivity contribution in [1.82, 2.24) is 10.2 Å². The van der Waals surface area contributed by atoms with Crippen LogP contribution in [0.25, 0.3) is 0 Å². The van der Waals surface area contributed by atoms with Crippen molar-refractivity contribution in [3.05, 3.63) is 0 Å². The van der Waals surface area contributed by atoms with Crippen LogP contribution in [0.5, 0.6) is 0 Å². The van der Waals surface area contributed by atoms with Gasteiger partial charge in [0.2, 0.25) is 0 Å². The average Bonchev–Trinajstić information content (AvgIpc) is 2.16. The van der Waals surface area contributed by atoms with Crippen LogP contribution >= 0.6 is 24.0 Å². The minimum Gasteiger partial charge on any atom is -0.373 e. The first kappa shape index (κ1) is 15.9. The molecule has 1 aliphatic heterocycles. The third-order valence-electron chi connectivity index (χ3n) is 2.48. The number of ether oxygens (including phenoxy) is 1. The molecule has 3 N–H and O–H groups in total. The molecule has 0 unspecified atom stereocenters. The largest absolute Gasteiger partial charge is 0.373 e. The van der Waals surface area contributed by atoms with Gasteiger partial charge >= 0.3 is 0 Å². The molecule has 0 aromatic rings. The number of rotatable bonds is 3. The first-order chi connectivity index (χ1) is 7.03. The zero-order chi connectivity index (χ0) is 11.3. The molecule has 0 spiro atoms. The fourth-order valence-electron chi connectivity index (χ4n) is 1.73. The molecular formula is C10H23IN4O. The smallest absolute Gasteiger partial charge is 0.188 e. The number of morpholine rings is 1. The number of hydrogen-bond acceptors (Lipinski definition) is 3. The van der Waals surface area contributed by atoms with Gasteiger partial charge in [0.05, 0.1) is 12.2 Å². The van der Waals surface area contributed by atoms with E-state index in [-0.39, 0.29) is 29.6 Å². The maximum Gasteiger partial charge on any atom is 0.188 e. The molecule has 1 saturated heterocycles. The highest BCUT2D eigenvalue weighted by Gasteiger charge is 2.26. The van der Waals surface area contributed by atoms with E-state index in [1.54, 1.807) is 7.05 Å². The highest BCUT2D eigenvalue weighted by atomic mass is 127. The van der Waals surface area contributed by atoms with Gasteiger partial charge in [-0.2, -0.15) is 0 Å². The summed E-state index contributed by atoms with van der Waals surface area (Å²) in [6, 6.07) is 0. The molecule has 0 aromatic heterocycles. The molecule has 1 heterocycles. The van der Waals surface area contributed by atoms with Crippen LogP contribution < -0.4 is 11.1 Å². The number of hydrogen-bond donors (Lipinski definition) is 2. The van der Waals surface area contributed by atoms with Gasteiger partial charge in [0.15, 0.2) is 5.96 Å². The molecule has 96 valence electrons. The lowest BCUT2D eigenvalue weighted by atomic mass is 10.1. The Morgan fingerprint density at radius 1 is 1.56 bits per heavy atom. The van der Waals surface area contributed by atoms with Crippen LogP contribution in [0, 0.1) is 0 Å². The molecule has 0 saturated carbocycles. The Morgan fingerprint density at radius 2 is 2.25 bits per heavy atom. The molecule has 0 bridgehead atoms. The maximum absolute atomic E-state index is 5.63. The molecule has 0 aromatic carbocycles. The summed E-state index contributed by atoms with van der Waals surface area (Å²) >= 11 is 0. The molecule has 1 fully saturated rings. The Labute approximate surface area is 115 Å². The van der Waals surface area contributed by atoms with Gasteiger partial charge in [0, 0.05) is 33.2 Å². The molecule has 6 heteroatoms. The van der Waals surface area contributed by atoms with Gasteiger partial charge in [-0.3, -0.25) is 9.89 Å². The van der Waals surface area contributed by atoms with Gasteiger partial charge in [-0.25, -0.2) is 0 Å². The fraction of sp³-hybridized carbons (Fsp3) is 0.900. The first-order valence-electron chi connectivity index (χ1n) is 5.36. The number of nitrogens with two attached hydrogens (primary N) is 1. The van der Waals surface area contributed by atoms with Gasteiger partial charge in [-0.1, -0.05) is 0 Å². The number of aliphatic imine (C=N–C) groups is 1. The monoisotopic (exact) mass is 342 g/mol. The predicted octanol–water partition coefficient (Wildman–Crippen LogP) is 0.249. The summed E-state index contributed by atoms with van der Waals surface area (Å²) in [4.78, 5) is 6.21. The van der Waals surface area contributed by atoms with E-state index in [0.717, 1.165) is 32.8 Å². The summed E-state index contributed by atoms with van der Waals surface area (Å²) in [7, 11) is 1.68. The van der Waals surface area contributed by atoms with Gasteiger partial charge in [0.1, 0.15) is 0 Å².